The lowest BCUT2D eigenvalue weighted by Gasteiger charge is -2.18. The van der Waals surface area contributed by atoms with Crippen LogP contribution in [0.3, 0.4) is 0 Å². The molecular formula is C15H22N4O2. The van der Waals surface area contributed by atoms with Crippen molar-refractivity contribution in [2.24, 2.45) is 5.84 Å². The van der Waals surface area contributed by atoms with E-state index in [1.807, 2.05) is 45.4 Å². The molecule has 1 aromatic carbocycles. The van der Waals surface area contributed by atoms with Gasteiger partial charge in [0.05, 0.1) is 12.1 Å². The van der Waals surface area contributed by atoms with Crippen LogP contribution >= 0.6 is 0 Å². The first-order chi connectivity index (χ1) is 10.0. The summed E-state index contributed by atoms with van der Waals surface area (Å²) in [7, 11) is 6.06. The molecular weight excluding hydrogens is 268 g/mol. The van der Waals surface area contributed by atoms with E-state index in [4.69, 9.17) is 10.3 Å². The fourth-order valence-corrected chi connectivity index (χ4v) is 2.22. The van der Waals surface area contributed by atoms with Crippen LogP contribution in [-0.4, -0.2) is 49.9 Å². The van der Waals surface area contributed by atoms with E-state index in [9.17, 15) is 4.79 Å². The summed E-state index contributed by atoms with van der Waals surface area (Å²) >= 11 is 0. The van der Waals surface area contributed by atoms with Crippen LogP contribution in [0.15, 0.2) is 28.7 Å². The van der Waals surface area contributed by atoms with Gasteiger partial charge in [-0.05, 0) is 27.2 Å². The highest BCUT2D eigenvalue weighted by Crippen LogP contribution is 2.26. The van der Waals surface area contributed by atoms with Crippen LogP contribution in [0.1, 0.15) is 16.1 Å². The van der Waals surface area contributed by atoms with E-state index in [0.717, 1.165) is 18.5 Å². The Labute approximate surface area is 124 Å². The molecule has 1 amide bonds. The molecule has 0 saturated heterocycles. The minimum atomic E-state index is -0.323. The van der Waals surface area contributed by atoms with Gasteiger partial charge in [0.15, 0.2) is 0 Å². The van der Waals surface area contributed by atoms with Gasteiger partial charge in [0.2, 0.25) is 0 Å². The molecule has 0 saturated carbocycles. The average molecular weight is 290 g/mol. The molecule has 0 bridgehead atoms. The molecule has 0 aliphatic rings. The first-order valence-electron chi connectivity index (χ1n) is 6.87. The summed E-state index contributed by atoms with van der Waals surface area (Å²) in [5.41, 5.74) is 3.42. The molecule has 2 aromatic rings. The Morgan fingerprint density at radius 2 is 1.95 bits per heavy atom. The highest BCUT2D eigenvalue weighted by atomic mass is 16.3. The first-order valence-corrected chi connectivity index (χ1v) is 6.87. The number of carbonyl (C=O) groups is 1. The van der Waals surface area contributed by atoms with E-state index >= 15 is 0 Å². The number of hydrogen-bond acceptors (Lipinski definition) is 5. The third kappa shape index (κ3) is 3.60. The van der Waals surface area contributed by atoms with Crippen LogP contribution in [0.2, 0.25) is 0 Å². The molecule has 1 aromatic heterocycles. The van der Waals surface area contributed by atoms with Crippen molar-refractivity contribution in [2.75, 3.05) is 34.2 Å². The Balaban J connectivity index is 2.28. The maximum atomic E-state index is 12.0. The van der Waals surface area contributed by atoms with Gasteiger partial charge in [-0.15, -0.1) is 0 Å². The average Bonchev–Trinajstić information content (AvgIpc) is 2.82. The van der Waals surface area contributed by atoms with Gasteiger partial charge in [-0.2, -0.15) is 0 Å². The summed E-state index contributed by atoms with van der Waals surface area (Å²) in [5.74, 6) is 5.61. The van der Waals surface area contributed by atoms with Gasteiger partial charge >= 0.3 is 0 Å². The van der Waals surface area contributed by atoms with Crippen molar-refractivity contribution in [1.29, 1.82) is 0 Å². The van der Waals surface area contributed by atoms with Gasteiger partial charge < -0.3 is 9.32 Å². The fourth-order valence-electron chi connectivity index (χ4n) is 2.22. The van der Waals surface area contributed by atoms with E-state index in [1.165, 1.54) is 0 Å². The molecule has 0 fully saturated rings. The highest BCUT2D eigenvalue weighted by Gasteiger charge is 2.20. The van der Waals surface area contributed by atoms with E-state index in [0.29, 0.717) is 23.5 Å². The number of hydrogen-bond donors (Lipinski definition) is 2. The molecule has 6 heteroatoms. The molecule has 0 aliphatic carbocycles. The zero-order chi connectivity index (χ0) is 15.4. The Hall–Kier alpha value is -1.89. The number of nitrogens with zero attached hydrogens (tertiary/aromatic N) is 2. The minimum Gasteiger partial charge on any atom is -0.459 e. The van der Waals surface area contributed by atoms with Crippen molar-refractivity contribution in [3.8, 4) is 0 Å². The van der Waals surface area contributed by atoms with Gasteiger partial charge in [0, 0.05) is 18.5 Å². The van der Waals surface area contributed by atoms with Crippen molar-refractivity contribution in [3.63, 3.8) is 0 Å². The number of furan rings is 1. The molecule has 0 unspecified atom stereocenters. The molecule has 0 radical (unpaired) electrons. The first kappa shape index (κ1) is 15.5. The number of carbonyl (C=O) groups excluding carboxylic acids is 1. The van der Waals surface area contributed by atoms with Crippen LogP contribution in [0, 0.1) is 0 Å². The van der Waals surface area contributed by atoms with Gasteiger partial charge in [-0.1, -0.05) is 18.2 Å². The monoisotopic (exact) mass is 290 g/mol. The van der Waals surface area contributed by atoms with E-state index in [2.05, 4.69) is 15.2 Å². The Morgan fingerprint density at radius 3 is 2.62 bits per heavy atom. The Bertz CT molecular complexity index is 621. The number of benzene rings is 1. The molecule has 3 N–H and O–H groups in total. The lowest BCUT2D eigenvalue weighted by Crippen LogP contribution is -2.32. The second-order valence-corrected chi connectivity index (χ2v) is 5.41. The molecule has 114 valence electrons. The van der Waals surface area contributed by atoms with Gasteiger partial charge in [0.25, 0.3) is 5.91 Å². The van der Waals surface area contributed by atoms with E-state index in [-0.39, 0.29) is 5.91 Å². The minimum absolute atomic E-state index is 0.323. The summed E-state index contributed by atoms with van der Waals surface area (Å²) in [4.78, 5) is 16.3. The van der Waals surface area contributed by atoms with Crippen molar-refractivity contribution in [2.45, 2.75) is 6.54 Å². The summed E-state index contributed by atoms with van der Waals surface area (Å²) in [6.07, 6.45) is 0. The third-order valence-electron chi connectivity index (χ3n) is 3.37. The lowest BCUT2D eigenvalue weighted by atomic mass is 10.1. The molecule has 1 heterocycles. The number of fused-ring (bicyclic) bond motifs is 1. The second-order valence-electron chi connectivity index (χ2n) is 5.41. The number of nitrogens with two attached hydrogens (primary N) is 1. The number of nitrogen functional groups attached to an aromatic ring is 1. The SMILES string of the molecule is CN(C)CCN(C)Cc1oc2ccccc2c1C(=O)NN. The number of nitrogens with one attached hydrogen (secondary N) is 1. The highest BCUT2D eigenvalue weighted by molar-refractivity contribution is 6.07. The zero-order valence-electron chi connectivity index (χ0n) is 12.7. The van der Waals surface area contributed by atoms with Crippen LogP contribution in [0.25, 0.3) is 11.0 Å². The number of rotatable bonds is 6. The summed E-state index contributed by atoms with van der Waals surface area (Å²) in [6.45, 7) is 2.38. The zero-order valence-corrected chi connectivity index (χ0v) is 12.7. The number of amides is 1. The smallest absolute Gasteiger partial charge is 0.269 e. The molecule has 2 rings (SSSR count). The Morgan fingerprint density at radius 1 is 1.24 bits per heavy atom. The summed E-state index contributed by atoms with van der Waals surface area (Å²) in [6, 6.07) is 7.48. The van der Waals surface area contributed by atoms with Gasteiger partial charge in [-0.25, -0.2) is 5.84 Å². The quantitative estimate of drug-likeness (QED) is 0.472. The van der Waals surface area contributed by atoms with Crippen molar-refractivity contribution < 1.29 is 9.21 Å². The largest absolute Gasteiger partial charge is 0.459 e. The topological polar surface area (TPSA) is 74.7 Å². The summed E-state index contributed by atoms with van der Waals surface area (Å²) in [5, 5.41) is 0.788. The molecule has 0 atom stereocenters. The van der Waals surface area contributed by atoms with Crippen LogP contribution in [-0.2, 0) is 6.54 Å². The van der Waals surface area contributed by atoms with E-state index in [1.54, 1.807) is 0 Å². The predicted molar refractivity (Wildman–Crippen MR) is 82.8 cm³/mol. The molecule has 21 heavy (non-hydrogen) atoms. The number of para-hydroxylation sites is 1. The molecule has 0 aliphatic heterocycles. The second kappa shape index (κ2) is 6.71. The van der Waals surface area contributed by atoms with Crippen molar-refractivity contribution in [3.05, 3.63) is 35.6 Å². The Kier molecular flexibility index (Phi) is 4.95. The van der Waals surface area contributed by atoms with Crippen LogP contribution < -0.4 is 11.3 Å². The van der Waals surface area contributed by atoms with Gasteiger partial charge in [-0.3, -0.25) is 15.1 Å². The maximum absolute atomic E-state index is 12.0. The third-order valence-corrected chi connectivity index (χ3v) is 3.37. The van der Waals surface area contributed by atoms with Crippen molar-refractivity contribution >= 4 is 16.9 Å². The molecule has 0 spiro atoms. The van der Waals surface area contributed by atoms with E-state index < -0.39 is 0 Å². The fraction of sp³-hybridized carbons (Fsp3) is 0.400. The normalized spacial score (nSPS) is 11.5. The lowest BCUT2D eigenvalue weighted by molar-refractivity contribution is 0.0951. The molecule has 6 nitrogen and oxygen atoms in total. The predicted octanol–water partition coefficient (Wildman–Crippen LogP) is 1.03. The summed E-state index contributed by atoms with van der Waals surface area (Å²) < 4.78 is 5.83. The maximum Gasteiger partial charge on any atom is 0.269 e. The number of hydrazine groups is 1. The van der Waals surface area contributed by atoms with Crippen molar-refractivity contribution in [1.82, 2.24) is 15.2 Å². The standard InChI is InChI=1S/C15H22N4O2/c1-18(2)8-9-19(3)10-13-14(15(20)17-16)11-6-4-5-7-12(11)21-13/h4-7H,8-10,16H2,1-3H3,(H,17,20). The number of likely N-dealkylation sites (N-methyl/N-ethyl adjacent to an activating group) is 2. The van der Waals surface area contributed by atoms with Gasteiger partial charge in [0.1, 0.15) is 11.3 Å². The van der Waals surface area contributed by atoms with Crippen LogP contribution in [0.4, 0.5) is 0 Å². The van der Waals surface area contributed by atoms with Crippen LogP contribution in [0.5, 0.6) is 0 Å².